The molecule has 0 radical (unpaired) electrons. The third-order valence-electron chi connectivity index (χ3n) is 7.30. The number of aromatic nitrogens is 2. The molecular weight excluding hydrogens is 491 g/mol. The van der Waals surface area contributed by atoms with Crippen LogP contribution in [0.5, 0.6) is 11.5 Å². The van der Waals surface area contributed by atoms with E-state index in [2.05, 4.69) is 9.88 Å². The molecule has 0 spiro atoms. The van der Waals surface area contributed by atoms with Crippen LogP contribution in [0, 0.1) is 5.92 Å². The van der Waals surface area contributed by atoms with Crippen molar-refractivity contribution in [2.45, 2.75) is 44.4 Å². The first-order valence-corrected chi connectivity index (χ1v) is 11.8. The van der Waals surface area contributed by atoms with E-state index in [1.165, 1.54) is 6.07 Å². The molecule has 0 unspecified atom stereocenters. The Labute approximate surface area is 216 Å². The number of aryl methyl sites for hydroxylation is 1. The van der Waals surface area contributed by atoms with Gasteiger partial charge in [0.05, 0.1) is 23.2 Å². The van der Waals surface area contributed by atoms with Crippen LogP contribution in [0.2, 0.25) is 0 Å². The van der Waals surface area contributed by atoms with Gasteiger partial charge in [0.2, 0.25) is 0 Å². The lowest BCUT2D eigenvalue weighted by Crippen LogP contribution is -2.42. The largest absolute Gasteiger partial charge is 0.504 e. The summed E-state index contributed by atoms with van der Waals surface area (Å²) in [6, 6.07) is 11.1. The summed E-state index contributed by atoms with van der Waals surface area (Å²) < 4.78 is 8.16. The molecule has 0 bridgehead atoms. The fourth-order valence-corrected chi connectivity index (χ4v) is 5.48. The Balaban J connectivity index is 0.00000171. The molecule has 10 heteroatoms. The molecule has 2 aromatic carbocycles. The first-order chi connectivity index (χ1) is 16.0. The van der Waals surface area contributed by atoms with Gasteiger partial charge >= 0.3 is 5.69 Å². The van der Waals surface area contributed by atoms with Gasteiger partial charge in [-0.15, -0.1) is 24.8 Å². The highest BCUT2D eigenvalue weighted by molar-refractivity contribution is 5.85. The average Bonchev–Trinajstić information content (AvgIpc) is 3.16. The maximum absolute atomic E-state index is 12.3. The van der Waals surface area contributed by atoms with E-state index >= 15 is 0 Å². The fraction of sp³-hybridized carbons (Fsp3) is 0.480. The molecule has 5 rings (SSSR count). The molecule has 3 heterocycles. The number of H-pyrrole nitrogens is 1. The van der Waals surface area contributed by atoms with Gasteiger partial charge < -0.3 is 30.6 Å². The van der Waals surface area contributed by atoms with Crippen LogP contribution >= 0.6 is 24.8 Å². The number of hydrogen-bond donors (Lipinski definition) is 4. The predicted octanol–water partition coefficient (Wildman–Crippen LogP) is 3.33. The van der Waals surface area contributed by atoms with Gasteiger partial charge in [-0.1, -0.05) is 18.2 Å². The Hall–Kier alpha value is -2.23. The molecule has 0 amide bonds. The molecule has 0 aliphatic carbocycles. The number of nitrogens with two attached hydrogens (primary N) is 1. The van der Waals surface area contributed by atoms with Gasteiger partial charge in [-0.3, -0.25) is 4.57 Å². The van der Waals surface area contributed by atoms with Crippen molar-refractivity contribution in [3.05, 3.63) is 58.0 Å². The summed E-state index contributed by atoms with van der Waals surface area (Å²) in [5.74, 6) is 0.264. The summed E-state index contributed by atoms with van der Waals surface area (Å²) in [5, 5.41) is 20.3. The molecule has 0 saturated carbocycles. The number of benzene rings is 2. The standard InChI is InChI=1S/C25H32N4O4.2ClH/c26-15-23-17-6-7-21(30)24(31)18(17)14-22(33-23)16-8-12-28(13-9-16)10-3-11-29-20-5-2-1-4-19(20)27-25(29)32;;/h1-2,4-7,16,22-23,30-31H,3,8-15,26H2,(H,27,32);2*1H/t22-,23-;;/m0../s1. The highest BCUT2D eigenvalue weighted by Gasteiger charge is 2.35. The zero-order chi connectivity index (χ0) is 22.9. The van der Waals surface area contributed by atoms with Crippen molar-refractivity contribution < 1.29 is 14.9 Å². The second kappa shape index (κ2) is 11.7. The second-order valence-corrected chi connectivity index (χ2v) is 9.24. The Morgan fingerprint density at radius 3 is 2.54 bits per heavy atom. The van der Waals surface area contributed by atoms with Crippen LogP contribution in [-0.4, -0.2) is 56.9 Å². The van der Waals surface area contributed by atoms with Crippen LogP contribution in [0.3, 0.4) is 0 Å². The summed E-state index contributed by atoms with van der Waals surface area (Å²) in [7, 11) is 0. The molecule has 2 aliphatic heterocycles. The first-order valence-electron chi connectivity index (χ1n) is 11.8. The second-order valence-electron chi connectivity index (χ2n) is 9.24. The zero-order valence-electron chi connectivity index (χ0n) is 19.6. The number of hydrogen-bond acceptors (Lipinski definition) is 6. The van der Waals surface area contributed by atoms with Crippen LogP contribution in [0.25, 0.3) is 11.0 Å². The zero-order valence-corrected chi connectivity index (χ0v) is 21.2. The van der Waals surface area contributed by atoms with E-state index < -0.39 is 0 Å². The van der Waals surface area contributed by atoms with Crippen molar-refractivity contribution in [2.24, 2.45) is 11.7 Å². The lowest BCUT2D eigenvalue weighted by Gasteiger charge is -2.40. The molecule has 5 N–H and O–H groups in total. The van der Waals surface area contributed by atoms with Crippen molar-refractivity contribution in [1.82, 2.24) is 14.5 Å². The lowest BCUT2D eigenvalue weighted by molar-refractivity contribution is -0.0647. The Bertz CT molecular complexity index is 1190. The monoisotopic (exact) mass is 524 g/mol. The lowest BCUT2D eigenvalue weighted by atomic mass is 9.83. The van der Waals surface area contributed by atoms with Crippen LogP contribution in [0.4, 0.5) is 0 Å². The number of ether oxygens (including phenoxy) is 1. The topological polar surface area (TPSA) is 117 Å². The molecule has 35 heavy (non-hydrogen) atoms. The minimum Gasteiger partial charge on any atom is -0.504 e. The van der Waals surface area contributed by atoms with Crippen molar-refractivity contribution in [2.75, 3.05) is 26.2 Å². The normalized spacial score (nSPS) is 20.7. The first kappa shape index (κ1) is 27.4. The van der Waals surface area contributed by atoms with Gasteiger partial charge in [0.15, 0.2) is 11.5 Å². The van der Waals surface area contributed by atoms with Gasteiger partial charge in [-0.05, 0) is 68.6 Å². The van der Waals surface area contributed by atoms with Crippen molar-refractivity contribution >= 4 is 35.8 Å². The van der Waals surface area contributed by atoms with Gasteiger partial charge in [0.1, 0.15) is 0 Å². The molecule has 2 aliphatic rings. The maximum Gasteiger partial charge on any atom is 0.326 e. The van der Waals surface area contributed by atoms with Crippen molar-refractivity contribution in [1.29, 1.82) is 0 Å². The number of para-hydroxylation sites is 2. The molecule has 1 aromatic heterocycles. The Morgan fingerprint density at radius 1 is 1.06 bits per heavy atom. The summed E-state index contributed by atoms with van der Waals surface area (Å²) >= 11 is 0. The smallest absolute Gasteiger partial charge is 0.326 e. The SMILES string of the molecule is Cl.Cl.NC[C@@H]1O[C@H](C2CCN(CCCn3c(=O)[nH]c4ccccc43)CC2)Cc2c1ccc(O)c2O. The van der Waals surface area contributed by atoms with E-state index in [1.54, 1.807) is 6.07 Å². The number of nitrogens with one attached hydrogen (secondary N) is 1. The number of imidazole rings is 1. The molecular formula is C25H34Cl2N4O4. The number of piperidine rings is 1. The summed E-state index contributed by atoms with van der Waals surface area (Å²) in [5.41, 5.74) is 9.40. The van der Waals surface area contributed by atoms with Gasteiger partial charge in [0.25, 0.3) is 0 Å². The molecule has 3 aromatic rings. The summed E-state index contributed by atoms with van der Waals surface area (Å²) in [4.78, 5) is 17.6. The summed E-state index contributed by atoms with van der Waals surface area (Å²) in [6.07, 6.45) is 3.29. The molecule has 192 valence electrons. The maximum atomic E-state index is 12.3. The minimum atomic E-state index is -0.252. The van der Waals surface area contributed by atoms with Crippen LogP contribution < -0.4 is 11.4 Å². The molecule has 2 atom stereocenters. The van der Waals surface area contributed by atoms with Crippen LogP contribution in [0.15, 0.2) is 41.2 Å². The van der Waals surface area contributed by atoms with E-state index in [0.717, 1.165) is 61.1 Å². The predicted molar refractivity (Wildman–Crippen MR) is 141 cm³/mol. The minimum absolute atomic E-state index is 0. The number of fused-ring (bicyclic) bond motifs is 2. The van der Waals surface area contributed by atoms with Crippen LogP contribution in [0.1, 0.15) is 36.5 Å². The number of rotatable bonds is 6. The molecule has 8 nitrogen and oxygen atoms in total. The third kappa shape index (κ3) is 5.47. The number of halogens is 2. The number of nitrogens with zero attached hydrogens (tertiary/aromatic N) is 2. The van der Waals surface area contributed by atoms with E-state index in [-0.39, 0.29) is 54.2 Å². The highest BCUT2D eigenvalue weighted by atomic mass is 35.5. The van der Waals surface area contributed by atoms with Crippen LogP contribution in [-0.2, 0) is 17.7 Å². The quantitative estimate of drug-likeness (QED) is 0.367. The van der Waals surface area contributed by atoms with E-state index in [9.17, 15) is 15.0 Å². The van der Waals surface area contributed by atoms with Gasteiger partial charge in [0, 0.05) is 25.1 Å². The molecule has 1 fully saturated rings. The van der Waals surface area contributed by atoms with Gasteiger partial charge in [-0.25, -0.2) is 4.79 Å². The number of phenolic OH excluding ortho intramolecular Hbond substituents is 2. The van der Waals surface area contributed by atoms with Crippen molar-refractivity contribution in [3.8, 4) is 11.5 Å². The third-order valence-corrected chi connectivity index (χ3v) is 7.30. The summed E-state index contributed by atoms with van der Waals surface area (Å²) in [6.45, 7) is 3.97. The van der Waals surface area contributed by atoms with Crippen molar-refractivity contribution in [3.63, 3.8) is 0 Å². The molecule has 1 saturated heterocycles. The number of phenols is 2. The van der Waals surface area contributed by atoms with E-state index in [4.69, 9.17) is 10.5 Å². The average molecular weight is 525 g/mol. The number of likely N-dealkylation sites (tertiary alicyclic amines) is 1. The highest BCUT2D eigenvalue weighted by Crippen LogP contribution is 2.42. The fourth-order valence-electron chi connectivity index (χ4n) is 5.48. The van der Waals surface area contributed by atoms with E-state index in [0.29, 0.717) is 25.4 Å². The number of aromatic amines is 1. The Kier molecular flexibility index (Phi) is 9.12. The Morgan fingerprint density at radius 2 is 1.80 bits per heavy atom. The van der Waals surface area contributed by atoms with E-state index in [1.807, 2.05) is 28.8 Å². The van der Waals surface area contributed by atoms with Gasteiger partial charge in [-0.2, -0.15) is 0 Å². The number of aromatic hydroxyl groups is 2.